The highest BCUT2D eigenvalue weighted by atomic mass is 16.4. The molecule has 0 aromatic rings. The molecule has 0 amide bonds. The lowest BCUT2D eigenvalue weighted by Crippen LogP contribution is -1.93. The van der Waals surface area contributed by atoms with Crippen molar-refractivity contribution >= 4 is 5.97 Å². The van der Waals surface area contributed by atoms with Crippen molar-refractivity contribution in [1.82, 2.24) is 0 Å². The number of hydrogen-bond acceptors (Lipinski definition) is 1. The largest absolute Gasteiger partial charge is 0.481 e. The summed E-state index contributed by atoms with van der Waals surface area (Å²) in [6.07, 6.45) is 14.6. The Labute approximate surface area is 119 Å². The van der Waals surface area contributed by atoms with Gasteiger partial charge < -0.3 is 5.11 Å². The van der Waals surface area contributed by atoms with Crippen LogP contribution in [0.5, 0.6) is 0 Å². The Morgan fingerprint density at radius 3 is 1.74 bits per heavy atom. The minimum Gasteiger partial charge on any atom is -0.481 e. The number of rotatable bonds is 12. The van der Waals surface area contributed by atoms with Gasteiger partial charge in [-0.2, -0.15) is 0 Å². The van der Waals surface area contributed by atoms with E-state index in [0.717, 1.165) is 25.7 Å². The van der Waals surface area contributed by atoms with Gasteiger partial charge in [-0.1, -0.05) is 58.3 Å². The molecular weight excluding hydrogens is 236 g/mol. The van der Waals surface area contributed by atoms with E-state index in [1.165, 1.54) is 51.4 Å². The van der Waals surface area contributed by atoms with Gasteiger partial charge in [0.25, 0.3) is 0 Å². The highest BCUT2D eigenvalue weighted by molar-refractivity contribution is 5.66. The highest BCUT2D eigenvalue weighted by Crippen LogP contribution is 2.11. The van der Waals surface area contributed by atoms with Gasteiger partial charge in [0.05, 0.1) is 0 Å². The first kappa shape index (κ1) is 18.0. The van der Waals surface area contributed by atoms with E-state index >= 15 is 0 Å². The summed E-state index contributed by atoms with van der Waals surface area (Å²) in [7, 11) is 0. The Hall–Kier alpha value is -0.970. The average Bonchev–Trinajstić information content (AvgIpc) is 2.39. The summed E-state index contributed by atoms with van der Waals surface area (Å²) in [5.74, 6) is 5.62. The van der Waals surface area contributed by atoms with Crippen LogP contribution in [0.1, 0.15) is 90.4 Å². The SMILES string of the molecule is CCC#CCCCCCCCCCCCCC(=O)O. The van der Waals surface area contributed by atoms with Crippen molar-refractivity contribution in [3.05, 3.63) is 0 Å². The number of aliphatic carboxylic acids is 1. The Kier molecular flexibility index (Phi) is 14.3. The molecule has 2 heteroatoms. The second kappa shape index (κ2) is 15.1. The lowest BCUT2D eigenvalue weighted by Gasteiger charge is -2.01. The van der Waals surface area contributed by atoms with E-state index in [1.54, 1.807) is 0 Å². The molecule has 0 aliphatic rings. The van der Waals surface area contributed by atoms with Crippen molar-refractivity contribution in [3.63, 3.8) is 0 Å². The molecule has 2 nitrogen and oxygen atoms in total. The van der Waals surface area contributed by atoms with E-state index < -0.39 is 5.97 Å². The summed E-state index contributed by atoms with van der Waals surface area (Å²) in [4.78, 5) is 10.3. The number of hydrogen-bond donors (Lipinski definition) is 1. The van der Waals surface area contributed by atoms with Gasteiger partial charge in [0.15, 0.2) is 0 Å². The van der Waals surface area contributed by atoms with Gasteiger partial charge in [-0.25, -0.2) is 0 Å². The standard InChI is InChI=1S/C17H30O2/c1-2-3-4-5-6-7-8-9-10-11-12-13-14-15-16-17(18)19/h2,5-16H2,1H3,(H,18,19). The van der Waals surface area contributed by atoms with Crippen LogP contribution in [0.4, 0.5) is 0 Å². The summed E-state index contributed by atoms with van der Waals surface area (Å²) in [6, 6.07) is 0. The monoisotopic (exact) mass is 266 g/mol. The molecule has 0 unspecified atom stereocenters. The normalized spacial score (nSPS) is 9.95. The molecule has 19 heavy (non-hydrogen) atoms. The molecule has 0 aliphatic carbocycles. The smallest absolute Gasteiger partial charge is 0.303 e. The fraction of sp³-hybridized carbons (Fsp3) is 0.824. The molecule has 0 radical (unpaired) electrons. The Morgan fingerprint density at radius 1 is 0.789 bits per heavy atom. The Balaban J connectivity index is 3.01. The fourth-order valence-electron chi connectivity index (χ4n) is 2.12. The Bertz CT molecular complexity index is 260. The maximum atomic E-state index is 10.3. The van der Waals surface area contributed by atoms with E-state index in [9.17, 15) is 4.79 Å². The van der Waals surface area contributed by atoms with Crippen LogP contribution < -0.4 is 0 Å². The number of unbranched alkanes of at least 4 members (excludes halogenated alkanes) is 10. The third kappa shape index (κ3) is 17.0. The lowest BCUT2D eigenvalue weighted by molar-refractivity contribution is -0.137. The third-order valence-electron chi connectivity index (χ3n) is 3.24. The van der Waals surface area contributed by atoms with Crippen molar-refractivity contribution in [2.24, 2.45) is 0 Å². The number of carbonyl (C=O) groups is 1. The summed E-state index contributed by atoms with van der Waals surface area (Å²) in [5, 5.41) is 8.50. The predicted octanol–water partition coefficient (Wildman–Crippen LogP) is 5.17. The van der Waals surface area contributed by atoms with Crippen molar-refractivity contribution in [2.45, 2.75) is 90.4 Å². The molecule has 0 rings (SSSR count). The van der Waals surface area contributed by atoms with E-state index in [2.05, 4.69) is 18.8 Å². The summed E-state index contributed by atoms with van der Waals surface area (Å²) in [5.41, 5.74) is 0. The van der Waals surface area contributed by atoms with Gasteiger partial charge >= 0.3 is 5.97 Å². The molecule has 0 heterocycles. The number of carboxylic acid groups (broad SMARTS) is 1. The molecule has 1 N–H and O–H groups in total. The highest BCUT2D eigenvalue weighted by Gasteiger charge is 1.96. The molecule has 0 saturated carbocycles. The van der Waals surface area contributed by atoms with Crippen molar-refractivity contribution in [2.75, 3.05) is 0 Å². The third-order valence-corrected chi connectivity index (χ3v) is 3.24. The molecule has 0 saturated heterocycles. The van der Waals surface area contributed by atoms with Crippen LogP contribution in [-0.2, 0) is 4.79 Å². The molecule has 0 fully saturated rings. The van der Waals surface area contributed by atoms with E-state index in [0.29, 0.717) is 6.42 Å². The van der Waals surface area contributed by atoms with Gasteiger partial charge in [0.2, 0.25) is 0 Å². The molecule has 0 aromatic carbocycles. The maximum Gasteiger partial charge on any atom is 0.303 e. The van der Waals surface area contributed by atoms with E-state index in [4.69, 9.17) is 5.11 Å². The topological polar surface area (TPSA) is 37.3 Å². The Morgan fingerprint density at radius 2 is 1.26 bits per heavy atom. The van der Waals surface area contributed by atoms with Crippen LogP contribution >= 0.6 is 0 Å². The second-order valence-corrected chi connectivity index (χ2v) is 5.14. The van der Waals surface area contributed by atoms with Crippen LogP contribution in [0.15, 0.2) is 0 Å². The van der Waals surface area contributed by atoms with E-state index in [1.807, 2.05) is 0 Å². The zero-order chi connectivity index (χ0) is 14.2. The lowest BCUT2D eigenvalue weighted by atomic mass is 10.1. The fourth-order valence-corrected chi connectivity index (χ4v) is 2.12. The van der Waals surface area contributed by atoms with Crippen LogP contribution in [0, 0.1) is 11.8 Å². The van der Waals surface area contributed by atoms with Crippen molar-refractivity contribution in [3.8, 4) is 11.8 Å². The van der Waals surface area contributed by atoms with Crippen LogP contribution in [0.25, 0.3) is 0 Å². The van der Waals surface area contributed by atoms with E-state index in [-0.39, 0.29) is 0 Å². The summed E-state index contributed by atoms with van der Waals surface area (Å²) < 4.78 is 0. The first-order valence-corrected chi connectivity index (χ1v) is 7.95. The maximum absolute atomic E-state index is 10.3. The molecule has 0 atom stereocenters. The van der Waals surface area contributed by atoms with Gasteiger partial charge in [-0.15, -0.1) is 11.8 Å². The molecular formula is C17H30O2. The predicted molar refractivity (Wildman–Crippen MR) is 81.1 cm³/mol. The number of carboxylic acids is 1. The molecule has 0 bridgehead atoms. The molecule has 110 valence electrons. The first-order valence-electron chi connectivity index (χ1n) is 7.95. The van der Waals surface area contributed by atoms with Gasteiger partial charge in [-0.05, 0) is 12.8 Å². The summed E-state index contributed by atoms with van der Waals surface area (Å²) >= 11 is 0. The van der Waals surface area contributed by atoms with Crippen molar-refractivity contribution < 1.29 is 9.90 Å². The van der Waals surface area contributed by atoms with Gasteiger partial charge in [0, 0.05) is 19.3 Å². The van der Waals surface area contributed by atoms with Crippen LogP contribution in [-0.4, -0.2) is 11.1 Å². The first-order chi connectivity index (χ1) is 9.27. The average molecular weight is 266 g/mol. The molecule has 0 aliphatic heterocycles. The van der Waals surface area contributed by atoms with Gasteiger partial charge in [0.1, 0.15) is 0 Å². The van der Waals surface area contributed by atoms with Gasteiger partial charge in [-0.3, -0.25) is 4.79 Å². The molecule has 0 spiro atoms. The summed E-state index contributed by atoms with van der Waals surface area (Å²) in [6.45, 7) is 2.09. The zero-order valence-corrected chi connectivity index (χ0v) is 12.5. The quantitative estimate of drug-likeness (QED) is 0.391. The van der Waals surface area contributed by atoms with Crippen LogP contribution in [0.3, 0.4) is 0 Å². The minimum atomic E-state index is -0.663. The second-order valence-electron chi connectivity index (χ2n) is 5.14. The van der Waals surface area contributed by atoms with Crippen molar-refractivity contribution in [1.29, 1.82) is 0 Å². The minimum absolute atomic E-state index is 0.334. The van der Waals surface area contributed by atoms with Crippen LogP contribution in [0.2, 0.25) is 0 Å². The molecule has 0 aromatic heterocycles. The zero-order valence-electron chi connectivity index (χ0n) is 12.5.